The summed E-state index contributed by atoms with van der Waals surface area (Å²) in [5.74, 6) is 1.53. The minimum absolute atomic E-state index is 0.300. The minimum Gasteiger partial charge on any atom is -0.313 e. The van der Waals surface area contributed by atoms with E-state index in [1.807, 2.05) is 11.8 Å². The summed E-state index contributed by atoms with van der Waals surface area (Å²) in [6.45, 7) is 3.05. The van der Waals surface area contributed by atoms with Crippen LogP contribution in [-0.4, -0.2) is 44.0 Å². The molecule has 2 atom stereocenters. The van der Waals surface area contributed by atoms with Crippen LogP contribution in [0.1, 0.15) is 19.8 Å². The summed E-state index contributed by atoms with van der Waals surface area (Å²) in [4.78, 5) is 0. The lowest BCUT2D eigenvalue weighted by Crippen LogP contribution is -2.34. The van der Waals surface area contributed by atoms with Crippen LogP contribution in [0.3, 0.4) is 0 Å². The molecule has 0 spiro atoms. The molecule has 0 bridgehead atoms. The Bertz CT molecular complexity index is 264. The molecule has 1 saturated heterocycles. The molecule has 1 N–H and O–H groups in total. The van der Waals surface area contributed by atoms with Gasteiger partial charge in [0.1, 0.15) is 9.84 Å². The molecule has 0 amide bonds. The third-order valence-corrected chi connectivity index (χ3v) is 4.83. The molecule has 0 aromatic heterocycles. The lowest BCUT2D eigenvalue weighted by atomic mass is 10.2. The Morgan fingerprint density at radius 1 is 1.50 bits per heavy atom. The SMILES string of the molecule is CC1SCCC1NCCCS(C)(=O)=O. The van der Waals surface area contributed by atoms with Crippen LogP contribution in [0, 0.1) is 0 Å². The standard InChI is InChI=1S/C9H19NO2S2/c1-8-9(4-6-13-8)10-5-3-7-14(2,11)12/h8-10H,3-7H2,1-2H3. The molecule has 14 heavy (non-hydrogen) atoms. The summed E-state index contributed by atoms with van der Waals surface area (Å²) in [5, 5.41) is 4.09. The number of rotatable bonds is 5. The first-order chi connectivity index (χ1) is 6.49. The Balaban J connectivity index is 2.09. The van der Waals surface area contributed by atoms with Gasteiger partial charge in [0.25, 0.3) is 0 Å². The lowest BCUT2D eigenvalue weighted by Gasteiger charge is -2.15. The van der Waals surface area contributed by atoms with Crippen molar-refractivity contribution in [2.75, 3.05) is 24.3 Å². The van der Waals surface area contributed by atoms with Gasteiger partial charge < -0.3 is 5.32 Å². The smallest absolute Gasteiger partial charge is 0.147 e. The molecule has 1 aliphatic rings. The van der Waals surface area contributed by atoms with E-state index < -0.39 is 9.84 Å². The number of hydrogen-bond donors (Lipinski definition) is 1. The molecule has 1 rings (SSSR count). The van der Waals surface area contributed by atoms with Crippen LogP contribution in [0.15, 0.2) is 0 Å². The molecule has 1 fully saturated rings. The zero-order chi connectivity index (χ0) is 10.6. The van der Waals surface area contributed by atoms with Gasteiger partial charge in [-0.1, -0.05) is 6.92 Å². The first kappa shape index (κ1) is 12.3. The average molecular weight is 237 g/mol. The second kappa shape index (κ2) is 5.37. The average Bonchev–Trinajstić information content (AvgIpc) is 2.44. The van der Waals surface area contributed by atoms with Crippen molar-refractivity contribution in [1.82, 2.24) is 5.32 Å². The molecule has 2 unspecified atom stereocenters. The third kappa shape index (κ3) is 4.66. The van der Waals surface area contributed by atoms with Crippen molar-refractivity contribution in [2.24, 2.45) is 0 Å². The third-order valence-electron chi connectivity index (χ3n) is 2.47. The second-order valence-electron chi connectivity index (χ2n) is 3.91. The molecular weight excluding hydrogens is 218 g/mol. The number of sulfone groups is 1. The largest absolute Gasteiger partial charge is 0.313 e. The van der Waals surface area contributed by atoms with Crippen molar-refractivity contribution in [3.05, 3.63) is 0 Å². The maximum Gasteiger partial charge on any atom is 0.147 e. The zero-order valence-electron chi connectivity index (χ0n) is 8.82. The quantitative estimate of drug-likeness (QED) is 0.722. The first-order valence-electron chi connectivity index (χ1n) is 5.02. The summed E-state index contributed by atoms with van der Waals surface area (Å²) < 4.78 is 21.7. The predicted molar refractivity (Wildman–Crippen MR) is 62.7 cm³/mol. The van der Waals surface area contributed by atoms with Crippen LogP contribution in [0.4, 0.5) is 0 Å². The van der Waals surface area contributed by atoms with Gasteiger partial charge in [0.2, 0.25) is 0 Å². The van der Waals surface area contributed by atoms with E-state index in [-0.39, 0.29) is 0 Å². The Morgan fingerprint density at radius 2 is 2.21 bits per heavy atom. The van der Waals surface area contributed by atoms with Crippen molar-refractivity contribution < 1.29 is 8.42 Å². The number of nitrogens with one attached hydrogen (secondary N) is 1. The fourth-order valence-corrected chi connectivity index (χ4v) is 3.52. The van der Waals surface area contributed by atoms with Gasteiger partial charge in [-0.05, 0) is 25.1 Å². The van der Waals surface area contributed by atoms with Crippen LogP contribution in [0.5, 0.6) is 0 Å². The number of hydrogen-bond acceptors (Lipinski definition) is 4. The highest BCUT2D eigenvalue weighted by atomic mass is 32.2. The van der Waals surface area contributed by atoms with E-state index in [0.717, 1.165) is 13.0 Å². The monoisotopic (exact) mass is 237 g/mol. The highest BCUT2D eigenvalue weighted by molar-refractivity contribution is 8.00. The summed E-state index contributed by atoms with van der Waals surface area (Å²) in [6.07, 6.45) is 3.23. The summed E-state index contributed by atoms with van der Waals surface area (Å²) >= 11 is 1.99. The number of thioether (sulfide) groups is 1. The Morgan fingerprint density at radius 3 is 2.71 bits per heavy atom. The zero-order valence-corrected chi connectivity index (χ0v) is 10.5. The molecule has 0 radical (unpaired) electrons. The molecule has 0 aliphatic carbocycles. The molecule has 5 heteroatoms. The minimum atomic E-state index is -2.78. The Kier molecular flexibility index (Phi) is 4.73. The van der Waals surface area contributed by atoms with E-state index in [1.165, 1.54) is 18.4 Å². The van der Waals surface area contributed by atoms with E-state index in [9.17, 15) is 8.42 Å². The molecule has 3 nitrogen and oxygen atoms in total. The van der Waals surface area contributed by atoms with E-state index in [2.05, 4.69) is 12.2 Å². The summed E-state index contributed by atoms with van der Waals surface area (Å²) in [6, 6.07) is 0.583. The van der Waals surface area contributed by atoms with Gasteiger partial charge in [0.05, 0.1) is 5.75 Å². The van der Waals surface area contributed by atoms with Crippen molar-refractivity contribution in [3.63, 3.8) is 0 Å². The highest BCUT2D eigenvalue weighted by Gasteiger charge is 2.22. The van der Waals surface area contributed by atoms with Crippen LogP contribution in [0.25, 0.3) is 0 Å². The van der Waals surface area contributed by atoms with Gasteiger partial charge in [-0.15, -0.1) is 0 Å². The first-order valence-corrected chi connectivity index (χ1v) is 8.13. The molecule has 84 valence electrons. The lowest BCUT2D eigenvalue weighted by molar-refractivity contribution is 0.511. The molecule has 1 heterocycles. The van der Waals surface area contributed by atoms with Crippen molar-refractivity contribution in [1.29, 1.82) is 0 Å². The van der Waals surface area contributed by atoms with E-state index in [1.54, 1.807) is 0 Å². The topological polar surface area (TPSA) is 46.2 Å². The van der Waals surface area contributed by atoms with Crippen LogP contribution in [-0.2, 0) is 9.84 Å². The maximum atomic E-state index is 10.9. The fourth-order valence-electron chi connectivity index (χ4n) is 1.62. The predicted octanol–water partition coefficient (Wildman–Crippen LogP) is 0.905. The highest BCUT2D eigenvalue weighted by Crippen LogP contribution is 2.25. The Hall–Kier alpha value is 0.260. The van der Waals surface area contributed by atoms with Gasteiger partial charge in [0, 0.05) is 17.5 Å². The molecule has 0 aromatic rings. The fraction of sp³-hybridized carbons (Fsp3) is 1.00. The van der Waals surface area contributed by atoms with Gasteiger partial charge in [-0.25, -0.2) is 8.42 Å². The van der Waals surface area contributed by atoms with Crippen LogP contribution < -0.4 is 5.32 Å². The van der Waals surface area contributed by atoms with Gasteiger partial charge >= 0.3 is 0 Å². The summed E-state index contributed by atoms with van der Waals surface area (Å²) in [7, 11) is -2.78. The van der Waals surface area contributed by atoms with Crippen LogP contribution in [0.2, 0.25) is 0 Å². The molecule has 0 aromatic carbocycles. The maximum absolute atomic E-state index is 10.9. The molecular formula is C9H19NO2S2. The second-order valence-corrected chi connectivity index (χ2v) is 7.65. The van der Waals surface area contributed by atoms with E-state index in [4.69, 9.17) is 0 Å². The van der Waals surface area contributed by atoms with E-state index >= 15 is 0 Å². The normalized spacial score (nSPS) is 28.1. The molecule has 0 saturated carbocycles. The molecule has 1 aliphatic heterocycles. The van der Waals surface area contributed by atoms with Gasteiger partial charge in [0.15, 0.2) is 0 Å². The van der Waals surface area contributed by atoms with Crippen molar-refractivity contribution >= 4 is 21.6 Å². The van der Waals surface area contributed by atoms with E-state index in [0.29, 0.717) is 17.0 Å². The van der Waals surface area contributed by atoms with Gasteiger partial charge in [-0.3, -0.25) is 0 Å². The Labute approximate surface area is 91.0 Å². The van der Waals surface area contributed by atoms with Crippen molar-refractivity contribution in [2.45, 2.75) is 31.1 Å². The van der Waals surface area contributed by atoms with Crippen molar-refractivity contribution in [3.8, 4) is 0 Å². The summed E-state index contributed by atoms with van der Waals surface area (Å²) in [5.41, 5.74) is 0. The van der Waals surface area contributed by atoms with Gasteiger partial charge in [-0.2, -0.15) is 11.8 Å². The van der Waals surface area contributed by atoms with Crippen LogP contribution >= 0.6 is 11.8 Å².